The Morgan fingerprint density at radius 1 is 1.12 bits per heavy atom. The molecule has 0 heterocycles. The molecular formula is C16H24N4O4. The van der Waals surface area contributed by atoms with Gasteiger partial charge in [-0.25, -0.2) is 5.90 Å². The molecule has 24 heavy (non-hydrogen) atoms. The van der Waals surface area contributed by atoms with Gasteiger partial charge in [0.2, 0.25) is 17.7 Å². The zero-order valence-electron chi connectivity index (χ0n) is 13.7. The fraction of sp³-hybridized carbons (Fsp3) is 0.438. The summed E-state index contributed by atoms with van der Waals surface area (Å²) in [5.41, 5.74) is 6.25. The molecule has 6 N–H and O–H groups in total. The number of carbonyl (C=O) groups excluding carboxylic acids is 3. The lowest BCUT2D eigenvalue weighted by Gasteiger charge is -2.21. The molecule has 0 aromatic heterocycles. The minimum atomic E-state index is -0.859. The summed E-state index contributed by atoms with van der Waals surface area (Å²) in [7, 11) is 0. The van der Waals surface area contributed by atoms with Crippen LogP contribution in [0.4, 0.5) is 0 Å². The van der Waals surface area contributed by atoms with Crippen molar-refractivity contribution in [3.8, 4) is 0 Å². The topological polar surface area (TPSA) is 137 Å². The third-order valence-electron chi connectivity index (χ3n) is 3.39. The van der Waals surface area contributed by atoms with Crippen LogP contribution in [0.25, 0.3) is 0 Å². The van der Waals surface area contributed by atoms with Crippen LogP contribution in [0.5, 0.6) is 0 Å². The molecule has 132 valence electrons. The van der Waals surface area contributed by atoms with E-state index >= 15 is 0 Å². The first-order valence-corrected chi connectivity index (χ1v) is 7.66. The van der Waals surface area contributed by atoms with Gasteiger partial charge in [0.05, 0.1) is 6.61 Å². The molecule has 1 aromatic carbocycles. The number of carbonyl (C=O) groups is 3. The Kier molecular flexibility index (Phi) is 8.45. The van der Waals surface area contributed by atoms with Gasteiger partial charge >= 0.3 is 0 Å². The van der Waals surface area contributed by atoms with Crippen molar-refractivity contribution in [2.24, 2.45) is 11.6 Å². The quantitative estimate of drug-likeness (QED) is 0.333. The Morgan fingerprint density at radius 2 is 1.79 bits per heavy atom. The van der Waals surface area contributed by atoms with Crippen molar-refractivity contribution in [3.63, 3.8) is 0 Å². The molecule has 0 fully saturated rings. The van der Waals surface area contributed by atoms with Gasteiger partial charge in [-0.2, -0.15) is 0 Å². The van der Waals surface area contributed by atoms with Gasteiger partial charge in [-0.05, 0) is 18.4 Å². The first-order chi connectivity index (χ1) is 11.4. The number of nitrogens with two attached hydrogens (primary N) is 2. The Morgan fingerprint density at radius 3 is 2.33 bits per heavy atom. The van der Waals surface area contributed by atoms with E-state index in [0.29, 0.717) is 12.8 Å². The Balaban J connectivity index is 2.72. The SMILES string of the molecule is CC(=O)N[C@@H](CCCON)C(=O)NC(Cc1ccccc1)C(N)=O. The van der Waals surface area contributed by atoms with Gasteiger partial charge in [-0.1, -0.05) is 30.3 Å². The molecular weight excluding hydrogens is 312 g/mol. The van der Waals surface area contributed by atoms with E-state index in [0.717, 1.165) is 5.56 Å². The van der Waals surface area contributed by atoms with E-state index in [1.54, 1.807) is 0 Å². The lowest BCUT2D eigenvalue weighted by Crippen LogP contribution is -2.53. The summed E-state index contributed by atoms with van der Waals surface area (Å²) in [5.74, 6) is 3.49. The zero-order chi connectivity index (χ0) is 17.9. The maximum absolute atomic E-state index is 12.4. The number of benzene rings is 1. The first-order valence-electron chi connectivity index (χ1n) is 7.66. The number of hydrogen-bond acceptors (Lipinski definition) is 5. The molecule has 0 aliphatic rings. The monoisotopic (exact) mass is 336 g/mol. The number of primary amides is 1. The van der Waals surface area contributed by atoms with Gasteiger partial charge in [0.15, 0.2) is 0 Å². The summed E-state index contributed by atoms with van der Waals surface area (Å²) in [4.78, 5) is 39.7. The second-order valence-corrected chi connectivity index (χ2v) is 5.42. The van der Waals surface area contributed by atoms with E-state index in [1.807, 2.05) is 30.3 Å². The molecule has 8 nitrogen and oxygen atoms in total. The van der Waals surface area contributed by atoms with E-state index in [2.05, 4.69) is 15.5 Å². The molecule has 1 aromatic rings. The van der Waals surface area contributed by atoms with Gasteiger partial charge in [0, 0.05) is 13.3 Å². The number of nitrogens with one attached hydrogen (secondary N) is 2. The summed E-state index contributed by atoms with van der Waals surface area (Å²) < 4.78 is 0. The fourth-order valence-electron chi connectivity index (χ4n) is 2.23. The fourth-order valence-corrected chi connectivity index (χ4v) is 2.23. The van der Waals surface area contributed by atoms with Crippen LogP contribution in [0.1, 0.15) is 25.3 Å². The van der Waals surface area contributed by atoms with Crippen molar-refractivity contribution in [1.29, 1.82) is 0 Å². The van der Waals surface area contributed by atoms with Crippen molar-refractivity contribution in [1.82, 2.24) is 10.6 Å². The molecule has 0 aliphatic carbocycles. The Hall–Kier alpha value is -2.45. The van der Waals surface area contributed by atoms with Crippen LogP contribution in [0.15, 0.2) is 30.3 Å². The molecule has 0 spiro atoms. The molecule has 0 aliphatic heterocycles. The molecule has 1 unspecified atom stereocenters. The molecule has 8 heteroatoms. The van der Waals surface area contributed by atoms with Crippen LogP contribution in [0, 0.1) is 0 Å². The predicted molar refractivity (Wildman–Crippen MR) is 88.2 cm³/mol. The van der Waals surface area contributed by atoms with E-state index in [9.17, 15) is 14.4 Å². The summed E-state index contributed by atoms with van der Waals surface area (Å²) in [6.45, 7) is 1.57. The summed E-state index contributed by atoms with van der Waals surface area (Å²) in [5, 5.41) is 5.14. The highest BCUT2D eigenvalue weighted by molar-refractivity contribution is 5.91. The molecule has 2 atom stereocenters. The average Bonchev–Trinajstić information content (AvgIpc) is 2.54. The summed E-state index contributed by atoms with van der Waals surface area (Å²) >= 11 is 0. The molecule has 1 rings (SSSR count). The first kappa shape index (κ1) is 19.6. The third kappa shape index (κ3) is 7.21. The smallest absolute Gasteiger partial charge is 0.243 e. The maximum atomic E-state index is 12.4. The maximum Gasteiger partial charge on any atom is 0.243 e. The highest BCUT2D eigenvalue weighted by atomic mass is 16.6. The minimum Gasteiger partial charge on any atom is -0.368 e. The Labute approximate surface area is 140 Å². The molecule has 0 bridgehead atoms. The predicted octanol–water partition coefficient (Wildman–Crippen LogP) is -0.626. The molecule has 0 saturated carbocycles. The van der Waals surface area contributed by atoms with Crippen molar-refractivity contribution in [3.05, 3.63) is 35.9 Å². The van der Waals surface area contributed by atoms with Crippen molar-refractivity contribution >= 4 is 17.7 Å². The van der Waals surface area contributed by atoms with E-state index in [-0.39, 0.29) is 18.9 Å². The largest absolute Gasteiger partial charge is 0.368 e. The number of amides is 3. The van der Waals surface area contributed by atoms with Gasteiger partial charge in [0.1, 0.15) is 12.1 Å². The summed E-state index contributed by atoms with van der Waals surface area (Å²) in [6, 6.07) is 7.56. The lowest BCUT2D eigenvalue weighted by atomic mass is 10.0. The van der Waals surface area contributed by atoms with Crippen molar-refractivity contribution in [2.45, 2.75) is 38.3 Å². The highest BCUT2D eigenvalue weighted by Gasteiger charge is 2.24. The second-order valence-electron chi connectivity index (χ2n) is 5.42. The van der Waals surface area contributed by atoms with Crippen LogP contribution >= 0.6 is 0 Å². The normalized spacial score (nSPS) is 12.9. The number of hydrogen-bond donors (Lipinski definition) is 4. The van der Waals surface area contributed by atoms with Crippen LogP contribution in [-0.4, -0.2) is 36.4 Å². The van der Waals surface area contributed by atoms with Crippen LogP contribution in [-0.2, 0) is 25.6 Å². The van der Waals surface area contributed by atoms with Crippen LogP contribution < -0.4 is 22.3 Å². The molecule has 3 amide bonds. The Bertz CT molecular complexity index is 550. The lowest BCUT2D eigenvalue weighted by molar-refractivity contribution is -0.131. The van der Waals surface area contributed by atoms with E-state index < -0.39 is 23.9 Å². The van der Waals surface area contributed by atoms with Gasteiger partial charge in [0.25, 0.3) is 0 Å². The van der Waals surface area contributed by atoms with E-state index in [4.69, 9.17) is 11.6 Å². The minimum absolute atomic E-state index is 0.257. The van der Waals surface area contributed by atoms with Crippen molar-refractivity contribution < 1.29 is 19.2 Å². The average molecular weight is 336 g/mol. The summed E-state index contributed by atoms with van der Waals surface area (Å²) in [6.07, 6.45) is 1.09. The van der Waals surface area contributed by atoms with Gasteiger partial charge in [-0.3, -0.25) is 14.4 Å². The second kappa shape index (κ2) is 10.3. The zero-order valence-corrected chi connectivity index (χ0v) is 13.7. The standard InChI is InChI=1S/C16H24N4O4/c1-11(21)19-13(8-5-9-24-18)16(23)20-14(15(17)22)10-12-6-3-2-4-7-12/h2-4,6-7,13-14H,5,8-10,18H2,1H3,(H2,17,22)(H,19,21)(H,20,23)/t13-,14?/m0/s1. The highest BCUT2D eigenvalue weighted by Crippen LogP contribution is 2.05. The van der Waals surface area contributed by atoms with Crippen LogP contribution in [0.2, 0.25) is 0 Å². The molecule has 0 saturated heterocycles. The van der Waals surface area contributed by atoms with Crippen molar-refractivity contribution in [2.75, 3.05) is 6.61 Å². The third-order valence-corrected chi connectivity index (χ3v) is 3.39. The van der Waals surface area contributed by atoms with Crippen LogP contribution in [0.3, 0.4) is 0 Å². The van der Waals surface area contributed by atoms with E-state index in [1.165, 1.54) is 6.92 Å². The van der Waals surface area contributed by atoms with Gasteiger partial charge < -0.3 is 21.2 Å². The molecule has 0 radical (unpaired) electrons. The number of rotatable bonds is 10. The van der Waals surface area contributed by atoms with Gasteiger partial charge in [-0.15, -0.1) is 0 Å².